The first-order chi connectivity index (χ1) is 13.3. The van der Waals surface area contributed by atoms with Crippen LogP contribution in [-0.2, 0) is 17.6 Å². The van der Waals surface area contributed by atoms with E-state index in [4.69, 9.17) is 0 Å². The van der Waals surface area contributed by atoms with Crippen molar-refractivity contribution < 1.29 is 4.79 Å². The molecule has 27 heavy (non-hydrogen) atoms. The Balaban J connectivity index is 1.35. The summed E-state index contributed by atoms with van der Waals surface area (Å²) in [6.07, 6.45) is 4.91. The summed E-state index contributed by atoms with van der Waals surface area (Å²) in [7, 11) is 1.75. The predicted octanol–water partition coefficient (Wildman–Crippen LogP) is 2.16. The second-order valence-corrected chi connectivity index (χ2v) is 6.52. The third-order valence-corrected chi connectivity index (χ3v) is 4.67. The highest BCUT2D eigenvalue weighted by Crippen LogP contribution is 2.27. The zero-order valence-corrected chi connectivity index (χ0v) is 15.8. The number of aromatic nitrogens is 1. The Bertz CT molecular complexity index is 775. The summed E-state index contributed by atoms with van der Waals surface area (Å²) in [5.41, 5.74) is 3.39. The molecule has 0 aliphatic carbocycles. The van der Waals surface area contributed by atoms with E-state index in [0.29, 0.717) is 13.0 Å². The lowest BCUT2D eigenvalue weighted by molar-refractivity contribution is -0.118. The minimum atomic E-state index is 0.194. The number of rotatable bonds is 7. The Morgan fingerprint density at radius 2 is 1.96 bits per heavy atom. The van der Waals surface area contributed by atoms with E-state index in [1.165, 1.54) is 5.56 Å². The average Bonchev–Trinajstić information content (AvgIpc) is 3.14. The molecule has 2 N–H and O–H groups in total. The van der Waals surface area contributed by atoms with Crippen LogP contribution in [0.2, 0.25) is 0 Å². The molecule has 1 aromatic heterocycles. The molecular weight excluding hydrogens is 338 g/mol. The standard InChI is InChI=1S/C21H27N5O/c1-22-21(25-15-11-18-8-4-5-13-23-18)24-14-6-10-20(27)26-16-12-17-7-2-3-9-19(17)26/h2-5,7-9,13H,6,10-12,14-16H2,1H3,(H2,22,24,25). The number of hydrogen-bond acceptors (Lipinski definition) is 3. The van der Waals surface area contributed by atoms with Crippen LogP contribution in [0.25, 0.3) is 0 Å². The number of pyridine rings is 1. The number of benzene rings is 1. The topological polar surface area (TPSA) is 69.6 Å². The van der Waals surface area contributed by atoms with Gasteiger partial charge in [-0.25, -0.2) is 0 Å². The van der Waals surface area contributed by atoms with Crippen molar-refractivity contribution in [2.24, 2.45) is 4.99 Å². The van der Waals surface area contributed by atoms with Crippen LogP contribution < -0.4 is 15.5 Å². The highest BCUT2D eigenvalue weighted by Gasteiger charge is 2.23. The Morgan fingerprint density at radius 1 is 1.15 bits per heavy atom. The minimum Gasteiger partial charge on any atom is -0.356 e. The predicted molar refractivity (Wildman–Crippen MR) is 109 cm³/mol. The fourth-order valence-corrected chi connectivity index (χ4v) is 3.25. The molecule has 1 aliphatic rings. The zero-order valence-electron chi connectivity index (χ0n) is 15.8. The van der Waals surface area contributed by atoms with Crippen LogP contribution in [0.1, 0.15) is 24.1 Å². The average molecular weight is 365 g/mol. The first-order valence-corrected chi connectivity index (χ1v) is 9.50. The lowest BCUT2D eigenvalue weighted by atomic mass is 10.2. The molecule has 6 heteroatoms. The smallest absolute Gasteiger partial charge is 0.227 e. The molecule has 0 radical (unpaired) electrons. The maximum absolute atomic E-state index is 12.5. The molecule has 142 valence electrons. The summed E-state index contributed by atoms with van der Waals surface area (Å²) in [5, 5.41) is 6.55. The van der Waals surface area contributed by atoms with Crippen molar-refractivity contribution in [1.29, 1.82) is 0 Å². The number of aliphatic imine (C=N–C) groups is 1. The number of guanidine groups is 1. The second-order valence-electron chi connectivity index (χ2n) is 6.52. The van der Waals surface area contributed by atoms with E-state index in [1.807, 2.05) is 41.3 Å². The maximum atomic E-state index is 12.5. The molecule has 0 spiro atoms. The Labute approximate surface area is 160 Å². The lowest BCUT2D eigenvalue weighted by Crippen LogP contribution is -2.39. The van der Waals surface area contributed by atoms with Gasteiger partial charge in [0, 0.05) is 57.1 Å². The Morgan fingerprint density at radius 3 is 2.78 bits per heavy atom. The Hall–Kier alpha value is -2.89. The number of para-hydroxylation sites is 1. The number of anilines is 1. The van der Waals surface area contributed by atoms with Crippen molar-refractivity contribution in [3.05, 3.63) is 59.9 Å². The lowest BCUT2D eigenvalue weighted by Gasteiger charge is -2.17. The number of carbonyl (C=O) groups excluding carboxylic acids is 1. The maximum Gasteiger partial charge on any atom is 0.227 e. The molecule has 1 aliphatic heterocycles. The third-order valence-electron chi connectivity index (χ3n) is 4.67. The summed E-state index contributed by atoms with van der Waals surface area (Å²) in [6.45, 7) is 2.27. The van der Waals surface area contributed by atoms with Crippen LogP contribution in [0.3, 0.4) is 0 Å². The van der Waals surface area contributed by atoms with Crippen molar-refractivity contribution in [3.8, 4) is 0 Å². The van der Waals surface area contributed by atoms with Crippen molar-refractivity contribution in [2.75, 3.05) is 31.6 Å². The molecule has 0 atom stereocenters. The van der Waals surface area contributed by atoms with Crippen molar-refractivity contribution >= 4 is 17.6 Å². The molecule has 0 fully saturated rings. The first-order valence-electron chi connectivity index (χ1n) is 9.50. The molecule has 0 bridgehead atoms. The number of hydrogen-bond donors (Lipinski definition) is 2. The van der Waals surface area contributed by atoms with Gasteiger partial charge in [0.2, 0.25) is 5.91 Å². The molecule has 2 aromatic rings. The molecule has 3 rings (SSSR count). The monoisotopic (exact) mass is 365 g/mol. The van der Waals surface area contributed by atoms with E-state index in [1.54, 1.807) is 13.2 Å². The highest BCUT2D eigenvalue weighted by molar-refractivity contribution is 5.95. The normalized spacial score (nSPS) is 13.4. The first kappa shape index (κ1) is 18.9. The number of nitrogens with zero attached hydrogens (tertiary/aromatic N) is 3. The fraction of sp³-hybridized carbons (Fsp3) is 0.381. The third kappa shape index (κ3) is 5.29. The van der Waals surface area contributed by atoms with E-state index < -0.39 is 0 Å². The summed E-state index contributed by atoms with van der Waals surface area (Å²) in [4.78, 5) is 22.9. The van der Waals surface area contributed by atoms with Gasteiger partial charge < -0.3 is 15.5 Å². The van der Waals surface area contributed by atoms with Gasteiger partial charge in [-0.05, 0) is 36.6 Å². The van der Waals surface area contributed by atoms with Crippen molar-refractivity contribution in [2.45, 2.75) is 25.7 Å². The van der Waals surface area contributed by atoms with Crippen LogP contribution in [0.15, 0.2) is 53.7 Å². The van der Waals surface area contributed by atoms with Crippen LogP contribution >= 0.6 is 0 Å². The van der Waals surface area contributed by atoms with E-state index in [-0.39, 0.29) is 5.91 Å². The Kier molecular flexibility index (Phi) is 6.79. The van der Waals surface area contributed by atoms with Crippen LogP contribution in [0, 0.1) is 0 Å². The number of amides is 1. The van der Waals surface area contributed by atoms with Gasteiger partial charge in [0.05, 0.1) is 0 Å². The summed E-state index contributed by atoms with van der Waals surface area (Å²) >= 11 is 0. The van der Waals surface area contributed by atoms with E-state index >= 15 is 0 Å². The van der Waals surface area contributed by atoms with Crippen LogP contribution in [0.4, 0.5) is 5.69 Å². The molecule has 1 aromatic carbocycles. The quantitative estimate of drug-likeness (QED) is 0.448. The van der Waals surface area contributed by atoms with Gasteiger partial charge in [-0.15, -0.1) is 0 Å². The molecule has 0 unspecified atom stereocenters. The van der Waals surface area contributed by atoms with Gasteiger partial charge in [0.25, 0.3) is 0 Å². The summed E-state index contributed by atoms with van der Waals surface area (Å²) < 4.78 is 0. The van der Waals surface area contributed by atoms with E-state index in [9.17, 15) is 4.79 Å². The van der Waals surface area contributed by atoms with Crippen molar-refractivity contribution in [1.82, 2.24) is 15.6 Å². The van der Waals surface area contributed by atoms with E-state index in [2.05, 4.69) is 26.7 Å². The molecule has 6 nitrogen and oxygen atoms in total. The molecular formula is C21H27N5O. The van der Waals surface area contributed by atoms with Gasteiger partial charge in [0.15, 0.2) is 5.96 Å². The minimum absolute atomic E-state index is 0.194. The summed E-state index contributed by atoms with van der Waals surface area (Å²) in [5.74, 6) is 0.949. The molecule has 1 amide bonds. The zero-order chi connectivity index (χ0) is 18.9. The van der Waals surface area contributed by atoms with Gasteiger partial charge in [-0.2, -0.15) is 0 Å². The van der Waals surface area contributed by atoms with Crippen LogP contribution in [0.5, 0.6) is 0 Å². The highest BCUT2D eigenvalue weighted by atomic mass is 16.2. The van der Waals surface area contributed by atoms with Crippen LogP contribution in [-0.4, -0.2) is 43.5 Å². The number of carbonyl (C=O) groups is 1. The SMILES string of the molecule is CN=C(NCCCC(=O)N1CCc2ccccc21)NCCc1ccccn1. The van der Waals surface area contributed by atoms with Gasteiger partial charge in [-0.1, -0.05) is 24.3 Å². The molecule has 0 saturated carbocycles. The second kappa shape index (κ2) is 9.71. The van der Waals surface area contributed by atoms with Gasteiger partial charge >= 0.3 is 0 Å². The van der Waals surface area contributed by atoms with E-state index in [0.717, 1.165) is 49.7 Å². The number of nitrogens with one attached hydrogen (secondary N) is 2. The van der Waals surface area contributed by atoms with Gasteiger partial charge in [0.1, 0.15) is 0 Å². The largest absolute Gasteiger partial charge is 0.356 e. The van der Waals surface area contributed by atoms with Crippen molar-refractivity contribution in [3.63, 3.8) is 0 Å². The number of fused-ring (bicyclic) bond motifs is 1. The molecule has 0 saturated heterocycles. The van der Waals surface area contributed by atoms with Gasteiger partial charge in [-0.3, -0.25) is 14.8 Å². The fourth-order valence-electron chi connectivity index (χ4n) is 3.25. The molecule has 2 heterocycles. The summed E-state index contributed by atoms with van der Waals surface area (Å²) in [6, 6.07) is 14.1.